The molecule has 27 heavy (non-hydrogen) atoms. The predicted octanol–water partition coefficient (Wildman–Crippen LogP) is 2.33. The normalized spacial score (nSPS) is 14.7. The van der Waals surface area contributed by atoms with Crippen LogP contribution in [0.3, 0.4) is 0 Å². The van der Waals surface area contributed by atoms with Crippen molar-refractivity contribution < 1.29 is 9.13 Å². The van der Waals surface area contributed by atoms with E-state index in [0.717, 1.165) is 0 Å². The van der Waals surface area contributed by atoms with Crippen LogP contribution in [0, 0.1) is 12.7 Å². The van der Waals surface area contributed by atoms with Gasteiger partial charge in [0.25, 0.3) is 5.56 Å². The zero-order valence-electron chi connectivity index (χ0n) is 14.9. The minimum absolute atomic E-state index is 0.156. The monoisotopic (exact) mass is 389 g/mol. The molecule has 0 spiro atoms. The summed E-state index contributed by atoms with van der Waals surface area (Å²) in [5.74, 6) is 0.319. The highest BCUT2D eigenvalue weighted by Gasteiger charge is 2.22. The first-order valence-corrected chi connectivity index (χ1v) is 8.87. The smallest absolute Gasteiger partial charge is 0.279 e. The summed E-state index contributed by atoms with van der Waals surface area (Å²) in [6.45, 7) is 3.96. The van der Waals surface area contributed by atoms with Crippen LogP contribution in [0.4, 0.5) is 10.3 Å². The first kappa shape index (κ1) is 17.8. The zero-order valence-corrected chi connectivity index (χ0v) is 15.6. The number of ether oxygens (including phenoxy) is 1. The molecule has 4 rings (SSSR count). The number of halogens is 2. The molecule has 2 aromatic heterocycles. The molecule has 0 bridgehead atoms. The Hall–Kier alpha value is -2.58. The number of benzene rings is 1. The lowest BCUT2D eigenvalue weighted by Gasteiger charge is -2.27. The van der Waals surface area contributed by atoms with Crippen LogP contribution in [0.1, 0.15) is 5.82 Å². The molecular formula is C18H17ClFN5O2. The highest BCUT2D eigenvalue weighted by Crippen LogP contribution is 2.29. The molecule has 0 atom stereocenters. The summed E-state index contributed by atoms with van der Waals surface area (Å²) >= 11 is 5.88. The van der Waals surface area contributed by atoms with Gasteiger partial charge in [-0.3, -0.25) is 9.36 Å². The Balaban J connectivity index is 2.04. The van der Waals surface area contributed by atoms with Gasteiger partial charge in [-0.2, -0.15) is 0 Å². The SMILES string of the molecule is Cc1nc2c(-c3ccc(Cl)cc3F)nc(N3CCOCC3)nc2c(=O)n1C. The van der Waals surface area contributed by atoms with Crippen LogP contribution in [-0.2, 0) is 11.8 Å². The lowest BCUT2D eigenvalue weighted by atomic mass is 10.1. The van der Waals surface area contributed by atoms with E-state index < -0.39 is 5.82 Å². The number of hydrogen-bond donors (Lipinski definition) is 0. The molecule has 1 aliphatic heterocycles. The van der Waals surface area contributed by atoms with E-state index in [1.54, 1.807) is 20.0 Å². The van der Waals surface area contributed by atoms with Gasteiger partial charge in [0, 0.05) is 30.7 Å². The van der Waals surface area contributed by atoms with E-state index in [-0.39, 0.29) is 32.9 Å². The molecule has 1 fully saturated rings. The van der Waals surface area contributed by atoms with E-state index >= 15 is 0 Å². The fraction of sp³-hybridized carbons (Fsp3) is 0.333. The second kappa shape index (κ2) is 6.86. The van der Waals surface area contributed by atoms with Crippen molar-refractivity contribution in [3.05, 3.63) is 45.2 Å². The van der Waals surface area contributed by atoms with Gasteiger partial charge in [-0.15, -0.1) is 0 Å². The number of anilines is 1. The van der Waals surface area contributed by atoms with Crippen molar-refractivity contribution in [2.45, 2.75) is 6.92 Å². The van der Waals surface area contributed by atoms with E-state index in [1.165, 1.54) is 16.7 Å². The van der Waals surface area contributed by atoms with Gasteiger partial charge in [0.2, 0.25) is 5.95 Å². The van der Waals surface area contributed by atoms with Crippen LogP contribution in [0.5, 0.6) is 0 Å². The van der Waals surface area contributed by atoms with Gasteiger partial charge >= 0.3 is 0 Å². The quantitative estimate of drug-likeness (QED) is 0.669. The Morgan fingerprint density at radius 1 is 1.15 bits per heavy atom. The maximum atomic E-state index is 14.6. The summed E-state index contributed by atoms with van der Waals surface area (Å²) in [6.07, 6.45) is 0. The molecule has 0 aliphatic carbocycles. The molecule has 1 aromatic carbocycles. The molecule has 3 heterocycles. The minimum Gasteiger partial charge on any atom is -0.378 e. The number of aryl methyl sites for hydroxylation is 1. The van der Waals surface area contributed by atoms with Crippen molar-refractivity contribution in [2.24, 2.45) is 7.05 Å². The average Bonchev–Trinajstić information content (AvgIpc) is 2.67. The molecule has 0 saturated carbocycles. The van der Waals surface area contributed by atoms with Crippen LogP contribution in [-0.4, -0.2) is 45.8 Å². The molecule has 1 aliphatic rings. The third-order valence-electron chi connectivity index (χ3n) is 4.62. The van der Waals surface area contributed by atoms with Crippen molar-refractivity contribution in [3.63, 3.8) is 0 Å². The van der Waals surface area contributed by atoms with Gasteiger partial charge in [0.05, 0.1) is 13.2 Å². The zero-order chi connectivity index (χ0) is 19.1. The van der Waals surface area contributed by atoms with Gasteiger partial charge in [-0.25, -0.2) is 19.3 Å². The number of aromatic nitrogens is 4. The number of fused-ring (bicyclic) bond motifs is 1. The fourth-order valence-corrected chi connectivity index (χ4v) is 3.17. The highest BCUT2D eigenvalue weighted by molar-refractivity contribution is 6.30. The van der Waals surface area contributed by atoms with Crippen LogP contribution in [0.15, 0.2) is 23.0 Å². The number of hydrogen-bond acceptors (Lipinski definition) is 6. The van der Waals surface area contributed by atoms with Crippen LogP contribution in [0.2, 0.25) is 5.02 Å². The third-order valence-corrected chi connectivity index (χ3v) is 4.85. The predicted molar refractivity (Wildman–Crippen MR) is 101 cm³/mol. The van der Waals surface area contributed by atoms with Crippen LogP contribution >= 0.6 is 11.6 Å². The van der Waals surface area contributed by atoms with Gasteiger partial charge in [-0.1, -0.05) is 11.6 Å². The topological polar surface area (TPSA) is 73.1 Å². The highest BCUT2D eigenvalue weighted by atomic mass is 35.5. The molecular weight excluding hydrogens is 373 g/mol. The summed E-state index contributed by atoms with van der Waals surface area (Å²) in [4.78, 5) is 28.2. The van der Waals surface area contributed by atoms with E-state index in [1.807, 2.05) is 4.90 Å². The first-order chi connectivity index (χ1) is 13.0. The first-order valence-electron chi connectivity index (χ1n) is 8.49. The van der Waals surface area contributed by atoms with Gasteiger partial charge in [0.15, 0.2) is 5.52 Å². The summed E-state index contributed by atoms with van der Waals surface area (Å²) in [7, 11) is 1.63. The molecule has 9 heteroatoms. The molecule has 1 saturated heterocycles. The molecule has 0 unspecified atom stereocenters. The molecule has 3 aromatic rings. The van der Waals surface area contributed by atoms with Gasteiger partial charge in [0.1, 0.15) is 22.9 Å². The fourth-order valence-electron chi connectivity index (χ4n) is 3.01. The third kappa shape index (κ3) is 3.15. The Bertz CT molecular complexity index is 1100. The van der Waals surface area contributed by atoms with E-state index in [0.29, 0.717) is 38.1 Å². The lowest BCUT2D eigenvalue weighted by Crippen LogP contribution is -2.37. The second-order valence-corrected chi connectivity index (χ2v) is 6.75. The van der Waals surface area contributed by atoms with Gasteiger partial charge in [-0.05, 0) is 25.1 Å². The second-order valence-electron chi connectivity index (χ2n) is 6.32. The summed E-state index contributed by atoms with van der Waals surface area (Å²) in [6, 6.07) is 4.33. The minimum atomic E-state index is -0.532. The van der Waals surface area contributed by atoms with Gasteiger partial charge < -0.3 is 9.64 Å². The molecule has 0 radical (unpaired) electrons. The molecule has 0 amide bonds. The Kier molecular flexibility index (Phi) is 4.53. The summed E-state index contributed by atoms with van der Waals surface area (Å²) in [5, 5.41) is 0.281. The number of nitrogens with zero attached hydrogens (tertiary/aromatic N) is 5. The van der Waals surface area contributed by atoms with Crippen molar-refractivity contribution >= 4 is 28.6 Å². The van der Waals surface area contributed by atoms with E-state index in [2.05, 4.69) is 15.0 Å². The summed E-state index contributed by atoms with van der Waals surface area (Å²) in [5.41, 5.74) is 0.626. The van der Waals surface area contributed by atoms with E-state index in [9.17, 15) is 9.18 Å². The number of morpholine rings is 1. The summed E-state index contributed by atoms with van der Waals surface area (Å²) < 4.78 is 21.4. The van der Waals surface area contributed by atoms with Crippen LogP contribution in [0.25, 0.3) is 22.3 Å². The molecule has 0 N–H and O–H groups in total. The lowest BCUT2D eigenvalue weighted by molar-refractivity contribution is 0.122. The molecule has 7 nitrogen and oxygen atoms in total. The molecule has 140 valence electrons. The Morgan fingerprint density at radius 3 is 2.59 bits per heavy atom. The largest absolute Gasteiger partial charge is 0.378 e. The van der Waals surface area contributed by atoms with Crippen molar-refractivity contribution in [1.82, 2.24) is 19.5 Å². The maximum absolute atomic E-state index is 14.6. The van der Waals surface area contributed by atoms with Crippen molar-refractivity contribution in [2.75, 3.05) is 31.2 Å². The van der Waals surface area contributed by atoms with E-state index in [4.69, 9.17) is 16.3 Å². The Morgan fingerprint density at radius 2 is 1.89 bits per heavy atom. The standard InChI is InChI=1S/C18H17ClFN5O2/c1-10-21-15-14(12-4-3-11(19)9-13(12)20)22-18(25-5-7-27-8-6-25)23-16(15)17(26)24(10)2/h3-4,9H,5-8H2,1-2H3. The number of rotatable bonds is 2. The Labute approximate surface area is 159 Å². The van der Waals surface area contributed by atoms with Crippen LogP contribution < -0.4 is 10.5 Å². The van der Waals surface area contributed by atoms with Crippen molar-refractivity contribution in [1.29, 1.82) is 0 Å². The average molecular weight is 390 g/mol. The maximum Gasteiger partial charge on any atom is 0.279 e. The van der Waals surface area contributed by atoms with Crippen molar-refractivity contribution in [3.8, 4) is 11.3 Å².